The molecule has 5 nitrogen and oxygen atoms in total. The van der Waals surface area contributed by atoms with E-state index in [1.807, 2.05) is 11.8 Å². The zero-order chi connectivity index (χ0) is 20.8. The lowest BCUT2D eigenvalue weighted by molar-refractivity contribution is -0.117. The number of nitrogens with zero attached hydrogens (tertiary/aromatic N) is 1. The zero-order valence-corrected chi connectivity index (χ0v) is 16.1. The number of nitrogens with one attached hydrogen (secondary N) is 1. The highest BCUT2D eigenvalue weighted by atomic mass is 32.2. The average molecular weight is 402 g/mol. The summed E-state index contributed by atoms with van der Waals surface area (Å²) in [6, 6.07) is 2.98. The van der Waals surface area contributed by atoms with Crippen molar-refractivity contribution in [1.29, 1.82) is 0 Å². The number of sulfone groups is 1. The lowest BCUT2D eigenvalue weighted by Crippen LogP contribution is -2.31. The molecule has 1 aromatic carbocycles. The fraction of sp³-hybridized carbons (Fsp3) is 0.471. The molecule has 0 bridgehead atoms. The number of rotatable bonds is 9. The molecule has 0 heterocycles. The van der Waals surface area contributed by atoms with Crippen LogP contribution in [0, 0.1) is 0 Å². The van der Waals surface area contributed by atoms with E-state index in [0.29, 0.717) is 37.2 Å². The first-order chi connectivity index (χ1) is 12.4. The van der Waals surface area contributed by atoms with Gasteiger partial charge in [0.05, 0.1) is 4.90 Å². The van der Waals surface area contributed by atoms with Crippen LogP contribution in [0.15, 0.2) is 35.2 Å². The summed E-state index contributed by atoms with van der Waals surface area (Å²) in [5.41, 5.74) is -4.46. The van der Waals surface area contributed by atoms with Gasteiger partial charge in [-0.2, -0.15) is 13.2 Å². The summed E-state index contributed by atoms with van der Waals surface area (Å²) >= 11 is 0. The fourth-order valence-electron chi connectivity index (χ4n) is 2.27. The smallest absolute Gasteiger partial charge is 0.352 e. The first kappa shape index (κ1) is 23.2. The molecule has 0 aliphatic heterocycles. The minimum atomic E-state index is -5.43. The Hall–Kier alpha value is -1.81. The van der Waals surface area contributed by atoms with E-state index in [2.05, 4.69) is 11.9 Å². The number of alkyl halides is 3. The summed E-state index contributed by atoms with van der Waals surface area (Å²) in [6.45, 7) is 8.71. The number of amides is 1. The van der Waals surface area contributed by atoms with Crippen LogP contribution in [-0.4, -0.2) is 52.2 Å². The molecule has 1 aromatic rings. The number of halogens is 3. The largest absolute Gasteiger partial charge is 0.501 e. The van der Waals surface area contributed by atoms with Gasteiger partial charge in [-0.05, 0) is 37.6 Å². The summed E-state index contributed by atoms with van der Waals surface area (Å²) in [7, 11) is 0.377. The molecule has 0 fully saturated rings. The van der Waals surface area contributed by atoms with E-state index in [1.54, 1.807) is 6.92 Å². The van der Waals surface area contributed by atoms with Gasteiger partial charge in [-0.25, -0.2) is 8.42 Å². The third-order valence-electron chi connectivity index (χ3n) is 3.89. The summed E-state index contributed by atoms with van der Waals surface area (Å²) in [4.78, 5) is 12.5. The van der Waals surface area contributed by atoms with Crippen LogP contribution in [0.2, 0.25) is 0 Å². The van der Waals surface area contributed by atoms with Crippen molar-refractivity contribution in [3.05, 3.63) is 35.9 Å². The van der Waals surface area contributed by atoms with Crippen molar-refractivity contribution in [2.24, 2.45) is 0 Å². The second-order valence-electron chi connectivity index (χ2n) is 6.07. The Bertz CT molecular complexity index is 795. The quantitative estimate of drug-likeness (QED) is 0.388. The molecule has 27 heavy (non-hydrogen) atoms. The molecule has 0 unspecified atom stereocenters. The molecule has 2 radical (unpaired) electrons. The molecule has 0 aliphatic carbocycles. The number of hydrogen-bond donors (Lipinski definition) is 1. The first-order valence-electron chi connectivity index (χ1n) is 8.26. The molecule has 1 rings (SSSR count). The fourth-order valence-corrected chi connectivity index (χ4v) is 3.08. The summed E-state index contributed by atoms with van der Waals surface area (Å²) in [6.07, 6.45) is 0.604. The lowest BCUT2D eigenvalue weighted by atomic mass is 9.90. The van der Waals surface area contributed by atoms with Crippen LogP contribution in [0.5, 0.6) is 0 Å². The molecule has 0 saturated heterocycles. The van der Waals surface area contributed by atoms with E-state index < -0.39 is 20.2 Å². The van der Waals surface area contributed by atoms with Gasteiger partial charge in [-0.1, -0.05) is 25.0 Å². The molecule has 0 spiro atoms. The normalized spacial score (nSPS) is 12.2. The molecule has 10 heteroatoms. The van der Waals surface area contributed by atoms with Gasteiger partial charge in [0.2, 0.25) is 5.91 Å². The van der Waals surface area contributed by atoms with Gasteiger partial charge < -0.3 is 5.32 Å². The second kappa shape index (κ2) is 9.41. The van der Waals surface area contributed by atoms with Crippen molar-refractivity contribution < 1.29 is 26.4 Å². The highest BCUT2D eigenvalue weighted by Gasteiger charge is 2.46. The molecule has 0 saturated carbocycles. The van der Waals surface area contributed by atoms with Crippen molar-refractivity contribution in [3.63, 3.8) is 0 Å². The van der Waals surface area contributed by atoms with Crippen molar-refractivity contribution >= 4 is 29.1 Å². The predicted molar refractivity (Wildman–Crippen MR) is 98.5 cm³/mol. The van der Waals surface area contributed by atoms with E-state index in [1.165, 1.54) is 0 Å². The van der Waals surface area contributed by atoms with Gasteiger partial charge >= 0.3 is 5.51 Å². The standard InChI is InChI=1S/C17H22BF3N2O3S/c1-4-23(9-5-8-22-16(24)12(2)3)11-13-10-14(6-7-15(13)18)27(25,26)17(19,20)21/h6-7,10H,2,4-5,8-9,11H2,1,3H3,(H,22,24). The van der Waals surface area contributed by atoms with E-state index in [-0.39, 0.29) is 17.9 Å². The predicted octanol–water partition coefficient (Wildman–Crippen LogP) is 1.68. The highest BCUT2D eigenvalue weighted by Crippen LogP contribution is 2.30. The maximum Gasteiger partial charge on any atom is 0.501 e. The maximum absolute atomic E-state index is 12.7. The minimum Gasteiger partial charge on any atom is -0.352 e. The topological polar surface area (TPSA) is 66.5 Å². The van der Waals surface area contributed by atoms with Crippen molar-refractivity contribution in [1.82, 2.24) is 10.2 Å². The Morgan fingerprint density at radius 2 is 1.96 bits per heavy atom. The van der Waals surface area contributed by atoms with Crippen molar-refractivity contribution in [2.45, 2.75) is 37.2 Å². The van der Waals surface area contributed by atoms with Gasteiger partial charge in [0, 0.05) is 25.2 Å². The Kier molecular flexibility index (Phi) is 8.10. The SMILES string of the molecule is [B]c1ccc(S(=O)(=O)C(F)(F)F)cc1CN(CC)CCCNC(=O)C(=C)C. The molecule has 0 aliphatic rings. The average Bonchev–Trinajstić information content (AvgIpc) is 2.57. The Labute approximate surface area is 159 Å². The van der Waals surface area contributed by atoms with Crippen LogP contribution >= 0.6 is 0 Å². The summed E-state index contributed by atoms with van der Waals surface area (Å²) < 4.78 is 61.4. The summed E-state index contributed by atoms with van der Waals surface area (Å²) in [5.74, 6) is -0.243. The second-order valence-corrected chi connectivity index (χ2v) is 8.01. The number of carbonyl (C=O) groups excluding carboxylic acids is 1. The van der Waals surface area contributed by atoms with Gasteiger partial charge in [-0.15, -0.1) is 0 Å². The number of benzene rings is 1. The van der Waals surface area contributed by atoms with E-state index in [0.717, 1.165) is 18.2 Å². The minimum absolute atomic E-state index is 0.192. The van der Waals surface area contributed by atoms with Crippen LogP contribution in [0.25, 0.3) is 0 Å². The third-order valence-corrected chi connectivity index (χ3v) is 5.38. The molecular formula is C17H22BF3N2O3S. The maximum atomic E-state index is 12.7. The molecule has 1 amide bonds. The molecule has 148 valence electrons. The van der Waals surface area contributed by atoms with Crippen LogP contribution in [-0.2, 0) is 21.2 Å². The van der Waals surface area contributed by atoms with Crippen LogP contribution < -0.4 is 10.8 Å². The highest BCUT2D eigenvalue weighted by molar-refractivity contribution is 7.92. The Balaban J connectivity index is 2.82. The van der Waals surface area contributed by atoms with Crippen LogP contribution in [0.4, 0.5) is 13.2 Å². The van der Waals surface area contributed by atoms with E-state index in [4.69, 9.17) is 7.85 Å². The van der Waals surface area contributed by atoms with Gasteiger partial charge in [0.15, 0.2) is 0 Å². The molecule has 1 N–H and O–H groups in total. The molecular weight excluding hydrogens is 380 g/mol. The van der Waals surface area contributed by atoms with Crippen LogP contribution in [0.3, 0.4) is 0 Å². The third kappa shape index (κ3) is 6.39. The van der Waals surface area contributed by atoms with E-state index in [9.17, 15) is 26.4 Å². The Morgan fingerprint density at radius 1 is 1.33 bits per heavy atom. The zero-order valence-electron chi connectivity index (χ0n) is 15.3. The Morgan fingerprint density at radius 3 is 2.48 bits per heavy atom. The van der Waals surface area contributed by atoms with Crippen molar-refractivity contribution in [2.75, 3.05) is 19.6 Å². The van der Waals surface area contributed by atoms with Crippen LogP contribution in [0.1, 0.15) is 25.8 Å². The monoisotopic (exact) mass is 402 g/mol. The van der Waals surface area contributed by atoms with Crippen molar-refractivity contribution in [3.8, 4) is 0 Å². The number of hydrogen-bond acceptors (Lipinski definition) is 4. The molecule has 0 aromatic heterocycles. The first-order valence-corrected chi connectivity index (χ1v) is 9.74. The summed E-state index contributed by atoms with van der Waals surface area (Å²) in [5, 5.41) is 2.69. The number of carbonyl (C=O) groups is 1. The lowest BCUT2D eigenvalue weighted by Gasteiger charge is -2.22. The van der Waals surface area contributed by atoms with Gasteiger partial charge in [0.1, 0.15) is 7.85 Å². The van der Waals surface area contributed by atoms with E-state index >= 15 is 0 Å². The van der Waals surface area contributed by atoms with Gasteiger partial charge in [0.25, 0.3) is 9.84 Å². The molecule has 0 atom stereocenters. The van der Waals surface area contributed by atoms with Gasteiger partial charge in [-0.3, -0.25) is 9.69 Å².